The Kier molecular flexibility index (Phi) is 12.1. The Morgan fingerprint density at radius 2 is 1.68 bits per heavy atom. The summed E-state index contributed by atoms with van der Waals surface area (Å²) in [4.78, 5) is 63.4. The van der Waals surface area contributed by atoms with Crippen LogP contribution in [0.4, 0.5) is 0 Å². The second kappa shape index (κ2) is 15.3. The molecule has 0 bridgehead atoms. The Labute approximate surface area is 221 Å². The number of hydrogen-bond donors (Lipinski definition) is 4. The zero-order valence-electron chi connectivity index (χ0n) is 22.0. The highest BCUT2D eigenvalue weighted by atomic mass is 16.5. The van der Waals surface area contributed by atoms with E-state index in [9.17, 15) is 24.0 Å². The van der Waals surface area contributed by atoms with Crippen LogP contribution in [0.25, 0.3) is 0 Å². The molecule has 0 aliphatic heterocycles. The summed E-state index contributed by atoms with van der Waals surface area (Å²) in [7, 11) is 1.35. The van der Waals surface area contributed by atoms with Crippen LogP contribution in [0.15, 0.2) is 40.9 Å². The Bertz CT molecular complexity index is 1100. The summed E-state index contributed by atoms with van der Waals surface area (Å²) in [5.74, 6) is -3.14. The van der Waals surface area contributed by atoms with Gasteiger partial charge in [-0.25, -0.2) is 0 Å². The van der Waals surface area contributed by atoms with E-state index >= 15 is 0 Å². The number of carbonyl (C=O) groups excluding carboxylic acids is 5. The lowest BCUT2D eigenvalue weighted by atomic mass is 10.0. The Balaban J connectivity index is 2.00. The van der Waals surface area contributed by atoms with Crippen molar-refractivity contribution in [2.45, 2.75) is 64.7 Å². The van der Waals surface area contributed by atoms with Crippen LogP contribution in [-0.2, 0) is 30.5 Å². The van der Waals surface area contributed by atoms with Crippen LogP contribution in [0.1, 0.15) is 54.9 Å². The number of nitrogens with zero attached hydrogens (tertiary/aromatic N) is 1. The van der Waals surface area contributed by atoms with E-state index in [-0.39, 0.29) is 25.3 Å². The van der Waals surface area contributed by atoms with Crippen molar-refractivity contribution in [3.63, 3.8) is 0 Å². The van der Waals surface area contributed by atoms with Crippen LogP contribution in [0.5, 0.6) is 0 Å². The third-order valence-electron chi connectivity index (χ3n) is 5.57. The first kappa shape index (κ1) is 30.2. The van der Waals surface area contributed by atoms with Gasteiger partial charge in [0.15, 0.2) is 5.69 Å². The third kappa shape index (κ3) is 9.43. The molecule has 0 aliphatic rings. The van der Waals surface area contributed by atoms with Crippen molar-refractivity contribution in [1.29, 1.82) is 0 Å². The highest BCUT2D eigenvalue weighted by Gasteiger charge is 2.31. The van der Waals surface area contributed by atoms with Gasteiger partial charge in [0, 0.05) is 19.7 Å². The lowest BCUT2D eigenvalue weighted by Gasteiger charge is -2.23. The van der Waals surface area contributed by atoms with Crippen LogP contribution in [-0.4, -0.2) is 66.4 Å². The lowest BCUT2D eigenvalue weighted by Crippen LogP contribution is -2.57. The van der Waals surface area contributed by atoms with Crippen molar-refractivity contribution in [1.82, 2.24) is 26.4 Å². The van der Waals surface area contributed by atoms with Gasteiger partial charge in [-0.1, -0.05) is 55.3 Å². The van der Waals surface area contributed by atoms with E-state index in [1.807, 2.05) is 37.3 Å². The molecule has 38 heavy (non-hydrogen) atoms. The molecule has 0 fully saturated rings. The van der Waals surface area contributed by atoms with Gasteiger partial charge < -0.3 is 30.5 Å². The lowest BCUT2D eigenvalue weighted by molar-refractivity contribution is -0.141. The maximum atomic E-state index is 13.0. The number of ether oxygens (including phenoxy) is 1. The summed E-state index contributed by atoms with van der Waals surface area (Å²) < 4.78 is 9.93. The van der Waals surface area contributed by atoms with Crippen LogP contribution in [0.2, 0.25) is 0 Å². The Morgan fingerprint density at radius 3 is 2.29 bits per heavy atom. The number of methoxy groups -OCH3 is 1. The molecule has 0 saturated carbocycles. The van der Waals surface area contributed by atoms with E-state index in [1.54, 1.807) is 6.92 Å². The summed E-state index contributed by atoms with van der Waals surface area (Å²) in [6.45, 7) is 4.95. The van der Waals surface area contributed by atoms with E-state index in [0.717, 1.165) is 12.0 Å². The molecule has 12 nitrogen and oxygen atoms in total. The molecule has 0 aliphatic carbocycles. The fourth-order valence-corrected chi connectivity index (χ4v) is 3.43. The van der Waals surface area contributed by atoms with Crippen molar-refractivity contribution in [3.8, 4) is 0 Å². The number of rotatable bonds is 15. The maximum Gasteiger partial charge on any atom is 0.289 e. The maximum absolute atomic E-state index is 13.0. The standard InChI is InChI=1S/C26H35N5O7/c1-5-6-12-19(22(32)26(36)27-14-18-10-8-7-9-11-18)29-25(35)21(15-37-4)30-23(33)17(3)28-24(34)20-13-16(2)38-31-20/h7-11,13,17,19,21H,5-6,12,14-15H2,1-4H3,(H,27,36)(H,28,34)(H,29,35)(H,30,33)/t17-,19-,21?/m0/s1. The fraction of sp³-hybridized carbons (Fsp3) is 0.462. The third-order valence-corrected chi connectivity index (χ3v) is 5.57. The molecule has 0 spiro atoms. The van der Waals surface area contributed by atoms with Gasteiger partial charge in [0.05, 0.1) is 12.6 Å². The molecular formula is C26H35N5O7. The van der Waals surface area contributed by atoms with Gasteiger partial charge >= 0.3 is 0 Å². The zero-order valence-corrected chi connectivity index (χ0v) is 22.0. The SMILES string of the molecule is CCCC[C@H](NC(=O)C(COC)NC(=O)[C@H](C)NC(=O)c1cc(C)on1)C(=O)C(=O)NCc1ccccc1. The molecule has 1 aromatic carbocycles. The zero-order chi connectivity index (χ0) is 28.1. The fourth-order valence-electron chi connectivity index (χ4n) is 3.43. The molecule has 1 aromatic heterocycles. The van der Waals surface area contributed by atoms with E-state index in [0.29, 0.717) is 12.2 Å². The highest BCUT2D eigenvalue weighted by molar-refractivity contribution is 6.38. The van der Waals surface area contributed by atoms with Gasteiger partial charge in [0.1, 0.15) is 17.8 Å². The second-order valence-electron chi connectivity index (χ2n) is 8.77. The quantitative estimate of drug-likeness (QED) is 0.246. The molecule has 206 valence electrons. The Hall–Kier alpha value is -4.06. The number of ketones is 1. The first-order chi connectivity index (χ1) is 18.2. The number of Topliss-reactive ketones (excluding diaryl/α,β-unsaturated/α-hetero) is 1. The number of aromatic nitrogens is 1. The molecule has 2 rings (SSSR count). The number of carbonyl (C=O) groups is 5. The first-order valence-electron chi connectivity index (χ1n) is 12.4. The normalized spacial score (nSPS) is 13.1. The van der Waals surface area contributed by atoms with Crippen LogP contribution >= 0.6 is 0 Å². The molecule has 2 aromatic rings. The van der Waals surface area contributed by atoms with Gasteiger partial charge in [-0.05, 0) is 25.8 Å². The average molecular weight is 530 g/mol. The minimum atomic E-state index is -1.18. The van der Waals surface area contributed by atoms with Crippen LogP contribution in [0, 0.1) is 6.92 Å². The van der Waals surface area contributed by atoms with Crippen molar-refractivity contribution >= 4 is 29.4 Å². The molecule has 4 N–H and O–H groups in total. The van der Waals surface area contributed by atoms with Gasteiger partial charge in [0.2, 0.25) is 17.6 Å². The predicted molar refractivity (Wildman–Crippen MR) is 137 cm³/mol. The van der Waals surface area contributed by atoms with Crippen molar-refractivity contribution in [3.05, 3.63) is 53.4 Å². The number of benzene rings is 1. The van der Waals surface area contributed by atoms with Gasteiger partial charge in [-0.2, -0.15) is 0 Å². The number of amides is 4. The monoisotopic (exact) mass is 529 g/mol. The average Bonchev–Trinajstić information content (AvgIpc) is 3.35. The molecule has 12 heteroatoms. The summed E-state index contributed by atoms with van der Waals surface area (Å²) in [6, 6.07) is 7.25. The predicted octanol–water partition coefficient (Wildman–Crippen LogP) is 0.793. The first-order valence-corrected chi connectivity index (χ1v) is 12.4. The summed E-state index contributed by atoms with van der Waals surface area (Å²) in [5, 5.41) is 13.7. The summed E-state index contributed by atoms with van der Waals surface area (Å²) in [5.41, 5.74) is 0.835. The summed E-state index contributed by atoms with van der Waals surface area (Å²) >= 11 is 0. The molecule has 4 amide bonds. The van der Waals surface area contributed by atoms with Crippen molar-refractivity contribution < 1.29 is 33.2 Å². The summed E-state index contributed by atoms with van der Waals surface area (Å²) in [6.07, 6.45) is 1.58. The number of hydrogen-bond acceptors (Lipinski definition) is 8. The van der Waals surface area contributed by atoms with Crippen LogP contribution in [0.3, 0.4) is 0 Å². The minimum absolute atomic E-state index is 0.0103. The van der Waals surface area contributed by atoms with Crippen molar-refractivity contribution in [2.24, 2.45) is 0 Å². The van der Waals surface area contributed by atoms with E-state index < -0.39 is 47.5 Å². The topological polar surface area (TPSA) is 169 Å². The van der Waals surface area contributed by atoms with Crippen LogP contribution < -0.4 is 21.3 Å². The van der Waals surface area contributed by atoms with E-state index in [1.165, 1.54) is 20.1 Å². The van der Waals surface area contributed by atoms with Gasteiger partial charge in [-0.15, -0.1) is 0 Å². The van der Waals surface area contributed by atoms with Gasteiger partial charge in [-0.3, -0.25) is 24.0 Å². The Morgan fingerprint density at radius 1 is 1.00 bits per heavy atom. The molecule has 1 heterocycles. The molecule has 0 radical (unpaired) electrons. The molecule has 1 unspecified atom stereocenters. The number of unbranched alkanes of at least 4 members (excludes halogenated alkanes) is 1. The molecule has 0 saturated heterocycles. The largest absolute Gasteiger partial charge is 0.382 e. The minimum Gasteiger partial charge on any atom is -0.382 e. The highest BCUT2D eigenvalue weighted by Crippen LogP contribution is 2.05. The smallest absolute Gasteiger partial charge is 0.289 e. The van der Waals surface area contributed by atoms with E-state index in [4.69, 9.17) is 9.26 Å². The van der Waals surface area contributed by atoms with E-state index in [2.05, 4.69) is 26.4 Å². The molecular weight excluding hydrogens is 494 g/mol. The van der Waals surface area contributed by atoms with Crippen molar-refractivity contribution in [2.75, 3.05) is 13.7 Å². The van der Waals surface area contributed by atoms with Gasteiger partial charge in [0.25, 0.3) is 11.8 Å². The molecule has 3 atom stereocenters. The number of nitrogens with one attached hydrogen (secondary N) is 4. The second-order valence-corrected chi connectivity index (χ2v) is 8.77. The number of aryl methyl sites for hydroxylation is 1.